The Morgan fingerprint density at radius 1 is 0.481 bits per heavy atom. The molecule has 4 heteroatoms. The first-order chi connectivity index (χ1) is 26.7. The first kappa shape index (κ1) is 32.7. The fraction of sp³-hybridized carbons (Fsp3) is 0.0200. The molecule has 0 spiro atoms. The summed E-state index contributed by atoms with van der Waals surface area (Å²) in [5.74, 6) is 1.05. The van der Waals surface area contributed by atoms with Gasteiger partial charge in [-0.05, 0) is 74.6 Å². The van der Waals surface area contributed by atoms with Gasteiger partial charge in [-0.1, -0.05) is 170 Å². The lowest BCUT2D eigenvalue weighted by Crippen LogP contribution is -2.06. The normalized spacial score (nSPS) is 12.1. The van der Waals surface area contributed by atoms with Gasteiger partial charge < -0.3 is 4.42 Å². The number of aliphatic imine (C=N–C) groups is 3. The van der Waals surface area contributed by atoms with Gasteiger partial charge in [0.05, 0.1) is 6.54 Å². The number of hydrogen-bond donors (Lipinski definition) is 0. The number of amidine groups is 2. The molecule has 0 bridgehead atoms. The van der Waals surface area contributed by atoms with Crippen molar-refractivity contribution in [1.29, 1.82) is 0 Å². The average Bonchev–Trinajstić information content (AvgIpc) is 3.64. The standard InChI is InChI=1S/C50H35N3O/c1-51-50(44-25-13-27-46-48(44)47-43(24-12-26-45(47)54-46)40-21-10-20-39(32-40)35-16-6-3-7-17-35)53-49(52-33-34-14-4-2-5-15-34)38-30-28-37(29-31-38)42-23-11-19-36-18-8-9-22-41(36)42/h2-32H,1,33H2/b52-49-,53-50-. The van der Waals surface area contributed by atoms with Crippen molar-refractivity contribution in [1.82, 2.24) is 0 Å². The fourth-order valence-electron chi connectivity index (χ4n) is 7.29. The number of nitrogens with zero attached hydrogens (tertiary/aromatic N) is 3. The van der Waals surface area contributed by atoms with Crippen LogP contribution in [0.15, 0.2) is 207 Å². The lowest BCUT2D eigenvalue weighted by Gasteiger charge is -2.10. The Kier molecular flexibility index (Phi) is 8.76. The number of fused-ring (bicyclic) bond motifs is 4. The van der Waals surface area contributed by atoms with Crippen molar-refractivity contribution in [3.63, 3.8) is 0 Å². The molecule has 8 aromatic carbocycles. The van der Waals surface area contributed by atoms with Crippen molar-refractivity contribution in [2.75, 3.05) is 0 Å². The van der Waals surface area contributed by atoms with Crippen molar-refractivity contribution in [3.8, 4) is 33.4 Å². The molecule has 0 atom stereocenters. The van der Waals surface area contributed by atoms with Crippen molar-refractivity contribution < 1.29 is 4.42 Å². The summed E-state index contributed by atoms with van der Waals surface area (Å²) < 4.78 is 6.50. The summed E-state index contributed by atoms with van der Waals surface area (Å²) in [5.41, 5.74) is 11.2. The highest BCUT2D eigenvalue weighted by atomic mass is 16.3. The molecule has 0 aliphatic rings. The highest BCUT2D eigenvalue weighted by molar-refractivity contribution is 6.24. The molecule has 0 N–H and O–H groups in total. The topological polar surface area (TPSA) is 50.2 Å². The summed E-state index contributed by atoms with van der Waals surface area (Å²) in [6.07, 6.45) is 0. The second-order valence-corrected chi connectivity index (χ2v) is 13.2. The minimum Gasteiger partial charge on any atom is -0.456 e. The predicted octanol–water partition coefficient (Wildman–Crippen LogP) is 12.8. The third kappa shape index (κ3) is 6.31. The average molecular weight is 694 g/mol. The van der Waals surface area contributed by atoms with Crippen molar-refractivity contribution >= 4 is 51.1 Å². The summed E-state index contributed by atoms with van der Waals surface area (Å²) in [4.78, 5) is 14.8. The Hall–Kier alpha value is -7.17. The maximum Gasteiger partial charge on any atom is 0.161 e. The molecule has 1 aromatic heterocycles. The number of hydrogen-bond acceptors (Lipinski definition) is 2. The molecule has 0 fully saturated rings. The highest BCUT2D eigenvalue weighted by Crippen LogP contribution is 2.39. The van der Waals surface area contributed by atoms with Gasteiger partial charge in [-0.25, -0.2) is 9.98 Å². The van der Waals surface area contributed by atoms with Crippen LogP contribution in [0, 0.1) is 0 Å². The van der Waals surface area contributed by atoms with Crippen LogP contribution in [0.2, 0.25) is 0 Å². The molecule has 1 heterocycles. The molecule has 256 valence electrons. The van der Waals surface area contributed by atoms with E-state index in [2.05, 4.69) is 145 Å². The quantitative estimate of drug-likeness (QED) is 0.121. The largest absolute Gasteiger partial charge is 0.456 e. The van der Waals surface area contributed by atoms with Crippen LogP contribution in [0.5, 0.6) is 0 Å². The smallest absolute Gasteiger partial charge is 0.161 e. The first-order valence-corrected chi connectivity index (χ1v) is 18.1. The summed E-state index contributed by atoms with van der Waals surface area (Å²) in [7, 11) is 0. The van der Waals surface area contributed by atoms with Crippen molar-refractivity contribution in [2.24, 2.45) is 15.0 Å². The fourth-order valence-corrected chi connectivity index (χ4v) is 7.29. The third-order valence-corrected chi connectivity index (χ3v) is 9.90. The monoisotopic (exact) mass is 693 g/mol. The highest BCUT2D eigenvalue weighted by Gasteiger charge is 2.19. The van der Waals surface area contributed by atoms with Crippen LogP contribution in [0.4, 0.5) is 0 Å². The van der Waals surface area contributed by atoms with Crippen LogP contribution in [0.1, 0.15) is 16.7 Å². The lowest BCUT2D eigenvalue weighted by atomic mass is 9.94. The zero-order valence-electron chi connectivity index (χ0n) is 29.6. The molecule has 0 aliphatic carbocycles. The van der Waals surface area contributed by atoms with E-state index >= 15 is 0 Å². The van der Waals surface area contributed by atoms with Gasteiger partial charge in [-0.3, -0.25) is 4.99 Å². The van der Waals surface area contributed by atoms with Gasteiger partial charge in [0, 0.05) is 21.9 Å². The van der Waals surface area contributed by atoms with Crippen LogP contribution < -0.4 is 0 Å². The molecule has 0 saturated carbocycles. The Bertz CT molecular complexity index is 2840. The molecule has 9 aromatic rings. The van der Waals surface area contributed by atoms with Gasteiger partial charge in [0.25, 0.3) is 0 Å². The van der Waals surface area contributed by atoms with Crippen molar-refractivity contribution in [3.05, 3.63) is 205 Å². The van der Waals surface area contributed by atoms with Crippen LogP contribution in [-0.4, -0.2) is 18.4 Å². The Morgan fingerprint density at radius 2 is 1.11 bits per heavy atom. The predicted molar refractivity (Wildman–Crippen MR) is 227 cm³/mol. The van der Waals surface area contributed by atoms with E-state index in [1.54, 1.807) is 0 Å². The third-order valence-electron chi connectivity index (χ3n) is 9.90. The molecule has 0 amide bonds. The molecule has 0 radical (unpaired) electrons. The first-order valence-electron chi connectivity index (χ1n) is 18.1. The minimum absolute atomic E-state index is 0.468. The molecule has 0 saturated heterocycles. The minimum atomic E-state index is 0.468. The van der Waals surface area contributed by atoms with E-state index in [0.29, 0.717) is 18.2 Å². The van der Waals surface area contributed by atoms with Gasteiger partial charge in [0.15, 0.2) is 11.7 Å². The maximum absolute atomic E-state index is 6.50. The van der Waals surface area contributed by atoms with Crippen LogP contribution in [0.25, 0.3) is 66.1 Å². The van der Waals surface area contributed by atoms with Crippen LogP contribution in [-0.2, 0) is 6.54 Å². The molecule has 4 nitrogen and oxygen atoms in total. The summed E-state index contributed by atoms with van der Waals surface area (Å²) in [6.45, 7) is 4.48. The molecular weight excluding hydrogens is 659 g/mol. The summed E-state index contributed by atoms with van der Waals surface area (Å²) in [6, 6.07) is 64.9. The van der Waals surface area contributed by atoms with E-state index in [1.165, 1.54) is 21.9 Å². The van der Waals surface area contributed by atoms with Gasteiger partial charge >= 0.3 is 0 Å². The molecule has 9 rings (SSSR count). The molecule has 0 aliphatic heterocycles. The zero-order valence-corrected chi connectivity index (χ0v) is 29.6. The molecular formula is C50H35N3O. The van der Waals surface area contributed by atoms with Gasteiger partial charge in [0.2, 0.25) is 0 Å². The number of rotatable bonds is 7. The van der Waals surface area contributed by atoms with Crippen molar-refractivity contribution in [2.45, 2.75) is 6.54 Å². The van der Waals surface area contributed by atoms with Gasteiger partial charge in [0.1, 0.15) is 11.2 Å². The van der Waals surface area contributed by atoms with E-state index in [1.807, 2.05) is 54.6 Å². The summed E-state index contributed by atoms with van der Waals surface area (Å²) >= 11 is 0. The zero-order chi connectivity index (χ0) is 36.3. The second kappa shape index (κ2) is 14.5. The van der Waals surface area contributed by atoms with E-state index in [0.717, 1.165) is 60.9 Å². The SMILES string of the molecule is C=N/C(=N\C(=N/Cc1ccccc1)c1ccc(-c2cccc3ccccc23)cc1)c1cccc2oc3cccc(-c4cccc(-c5ccccc5)c4)c3c12. The Labute approximate surface area is 314 Å². The van der Waals surface area contributed by atoms with Gasteiger partial charge in [-0.2, -0.15) is 0 Å². The maximum atomic E-state index is 6.50. The second-order valence-electron chi connectivity index (χ2n) is 13.2. The van der Waals surface area contributed by atoms with E-state index in [9.17, 15) is 0 Å². The number of furan rings is 1. The van der Waals surface area contributed by atoms with E-state index in [-0.39, 0.29) is 0 Å². The van der Waals surface area contributed by atoms with E-state index in [4.69, 9.17) is 14.4 Å². The number of benzene rings is 8. The Morgan fingerprint density at radius 3 is 1.93 bits per heavy atom. The van der Waals surface area contributed by atoms with Crippen LogP contribution in [0.3, 0.4) is 0 Å². The molecule has 54 heavy (non-hydrogen) atoms. The lowest BCUT2D eigenvalue weighted by molar-refractivity contribution is 0.669. The molecule has 0 unspecified atom stereocenters. The van der Waals surface area contributed by atoms with Gasteiger partial charge in [-0.15, -0.1) is 0 Å². The Balaban J connectivity index is 1.18. The van der Waals surface area contributed by atoms with E-state index < -0.39 is 0 Å². The van der Waals surface area contributed by atoms with Crippen LogP contribution >= 0.6 is 0 Å². The summed E-state index contributed by atoms with van der Waals surface area (Å²) in [5, 5.41) is 4.37.